The molecule has 1 saturated heterocycles. The van der Waals surface area contributed by atoms with E-state index in [1.165, 1.54) is 12.8 Å². The minimum Gasteiger partial charge on any atom is -0.338 e. The van der Waals surface area contributed by atoms with Crippen molar-refractivity contribution in [2.45, 2.75) is 49.0 Å². The predicted octanol–water partition coefficient (Wildman–Crippen LogP) is 2.87. The van der Waals surface area contributed by atoms with Crippen LogP contribution in [-0.2, 0) is 6.54 Å². The molecule has 4 nitrogen and oxygen atoms in total. The van der Waals surface area contributed by atoms with E-state index in [2.05, 4.69) is 29.3 Å². The van der Waals surface area contributed by atoms with Crippen LogP contribution in [0.5, 0.6) is 0 Å². The Bertz CT molecular complexity index is 422. The second-order valence-electron chi connectivity index (χ2n) is 5.49. The molecule has 0 amide bonds. The molecular weight excluding hydrogens is 278 g/mol. The van der Waals surface area contributed by atoms with E-state index in [-0.39, 0.29) is 0 Å². The van der Waals surface area contributed by atoms with Gasteiger partial charge in [-0.05, 0) is 25.3 Å². The second-order valence-corrected chi connectivity index (χ2v) is 8.48. The molecule has 0 spiro atoms. The number of hydrogen-bond acceptors (Lipinski definition) is 6. The van der Waals surface area contributed by atoms with Crippen LogP contribution in [0.1, 0.15) is 43.7 Å². The number of nitrogens with zero attached hydrogens (tertiary/aromatic N) is 2. The van der Waals surface area contributed by atoms with Crippen molar-refractivity contribution in [2.24, 2.45) is 5.92 Å². The van der Waals surface area contributed by atoms with E-state index in [0.29, 0.717) is 22.3 Å². The van der Waals surface area contributed by atoms with Crippen molar-refractivity contribution in [3.63, 3.8) is 0 Å². The predicted molar refractivity (Wildman–Crippen MR) is 80.4 cm³/mol. The van der Waals surface area contributed by atoms with Gasteiger partial charge >= 0.3 is 0 Å². The average Bonchev–Trinajstić information content (AvgIpc) is 3.10. The Morgan fingerprint density at radius 3 is 2.89 bits per heavy atom. The van der Waals surface area contributed by atoms with Gasteiger partial charge in [0.15, 0.2) is 5.82 Å². The molecule has 106 valence electrons. The monoisotopic (exact) mass is 299 g/mol. The Balaban J connectivity index is 1.51. The fourth-order valence-corrected chi connectivity index (χ4v) is 4.93. The van der Waals surface area contributed by atoms with Crippen LogP contribution in [0.25, 0.3) is 0 Å². The van der Waals surface area contributed by atoms with Crippen molar-refractivity contribution < 1.29 is 4.52 Å². The lowest BCUT2D eigenvalue weighted by Gasteiger charge is -2.29. The lowest BCUT2D eigenvalue weighted by molar-refractivity contribution is 0.362. The Hall–Kier alpha value is -0.200. The van der Waals surface area contributed by atoms with E-state index >= 15 is 0 Å². The third-order valence-corrected chi connectivity index (χ3v) is 7.12. The standard InChI is InChI=1S/C13H21N3OS2/c1-8-9(2)19-11(7-18-8)13-15-12(17-16-13)6-14-5-10-3-4-10/h8-11,14H,3-7H2,1-2H3. The summed E-state index contributed by atoms with van der Waals surface area (Å²) in [6.07, 6.45) is 2.74. The maximum absolute atomic E-state index is 5.34. The summed E-state index contributed by atoms with van der Waals surface area (Å²) in [6, 6.07) is 0. The SMILES string of the molecule is CC1SCC(c2noc(CNCC3CC3)n2)SC1C. The van der Waals surface area contributed by atoms with Crippen LogP contribution < -0.4 is 5.32 Å². The molecule has 0 aromatic carbocycles. The van der Waals surface area contributed by atoms with Crippen molar-refractivity contribution in [1.29, 1.82) is 0 Å². The normalized spacial score (nSPS) is 31.6. The van der Waals surface area contributed by atoms with E-state index in [9.17, 15) is 0 Å². The molecule has 1 aromatic heterocycles. The summed E-state index contributed by atoms with van der Waals surface area (Å²) in [5.74, 6) is 3.58. The van der Waals surface area contributed by atoms with E-state index in [1.807, 2.05) is 23.5 Å². The molecule has 1 N–H and O–H groups in total. The van der Waals surface area contributed by atoms with Crippen molar-refractivity contribution in [2.75, 3.05) is 12.3 Å². The second kappa shape index (κ2) is 6.06. The van der Waals surface area contributed by atoms with Crippen molar-refractivity contribution >= 4 is 23.5 Å². The van der Waals surface area contributed by atoms with Gasteiger partial charge in [0.05, 0.1) is 11.8 Å². The lowest BCUT2D eigenvalue weighted by Crippen LogP contribution is -2.22. The van der Waals surface area contributed by atoms with Gasteiger partial charge in [0.25, 0.3) is 0 Å². The van der Waals surface area contributed by atoms with Crippen molar-refractivity contribution in [3.8, 4) is 0 Å². The van der Waals surface area contributed by atoms with Crippen LogP contribution in [-0.4, -0.2) is 32.9 Å². The van der Waals surface area contributed by atoms with E-state index in [0.717, 1.165) is 29.9 Å². The molecule has 2 heterocycles. The Kier molecular flexibility index (Phi) is 4.39. The molecule has 3 unspecified atom stereocenters. The van der Waals surface area contributed by atoms with Crippen LogP contribution in [0.2, 0.25) is 0 Å². The molecule has 1 aliphatic heterocycles. The quantitative estimate of drug-likeness (QED) is 0.902. The third-order valence-electron chi connectivity index (χ3n) is 3.73. The lowest BCUT2D eigenvalue weighted by atomic mass is 10.3. The van der Waals surface area contributed by atoms with Gasteiger partial charge in [-0.25, -0.2) is 0 Å². The van der Waals surface area contributed by atoms with Gasteiger partial charge in [0, 0.05) is 16.3 Å². The average molecular weight is 299 g/mol. The summed E-state index contributed by atoms with van der Waals surface area (Å²) in [6.45, 7) is 6.37. The first-order valence-corrected chi connectivity index (χ1v) is 9.02. The highest BCUT2D eigenvalue weighted by Crippen LogP contribution is 2.43. The van der Waals surface area contributed by atoms with E-state index < -0.39 is 0 Å². The van der Waals surface area contributed by atoms with Crippen LogP contribution in [0.4, 0.5) is 0 Å². The fourth-order valence-electron chi connectivity index (χ4n) is 2.09. The first-order chi connectivity index (χ1) is 9.22. The number of aromatic nitrogens is 2. The topological polar surface area (TPSA) is 51.0 Å². The molecule has 3 atom stereocenters. The third kappa shape index (κ3) is 3.67. The molecule has 2 aliphatic rings. The Morgan fingerprint density at radius 1 is 1.32 bits per heavy atom. The van der Waals surface area contributed by atoms with Crippen molar-refractivity contribution in [3.05, 3.63) is 11.7 Å². The highest BCUT2D eigenvalue weighted by molar-refractivity contribution is 8.07. The van der Waals surface area contributed by atoms with Crippen LogP contribution in [0, 0.1) is 5.92 Å². The summed E-state index contributed by atoms with van der Waals surface area (Å²) in [5, 5.41) is 9.29. The molecule has 19 heavy (non-hydrogen) atoms. The molecule has 1 aromatic rings. The molecule has 2 fully saturated rings. The smallest absolute Gasteiger partial charge is 0.240 e. The van der Waals surface area contributed by atoms with Gasteiger partial charge in [0.2, 0.25) is 5.89 Å². The van der Waals surface area contributed by atoms with E-state index in [4.69, 9.17) is 4.52 Å². The Labute approximate surface area is 122 Å². The number of thioether (sulfide) groups is 2. The molecule has 6 heteroatoms. The van der Waals surface area contributed by atoms with Gasteiger partial charge in [-0.2, -0.15) is 16.7 Å². The first kappa shape index (κ1) is 13.8. The molecular formula is C13H21N3OS2. The minimum atomic E-state index is 0.386. The van der Waals surface area contributed by atoms with Crippen LogP contribution in [0.3, 0.4) is 0 Å². The van der Waals surface area contributed by atoms with Gasteiger partial charge in [0.1, 0.15) is 0 Å². The number of hydrogen-bond donors (Lipinski definition) is 1. The van der Waals surface area contributed by atoms with Gasteiger partial charge in [-0.1, -0.05) is 19.0 Å². The van der Waals surface area contributed by atoms with Gasteiger partial charge < -0.3 is 9.84 Å². The van der Waals surface area contributed by atoms with Crippen LogP contribution in [0.15, 0.2) is 4.52 Å². The van der Waals surface area contributed by atoms with Gasteiger partial charge in [-0.15, -0.1) is 11.8 Å². The van der Waals surface area contributed by atoms with E-state index in [1.54, 1.807) is 0 Å². The van der Waals surface area contributed by atoms with Gasteiger partial charge in [-0.3, -0.25) is 0 Å². The zero-order chi connectivity index (χ0) is 13.2. The number of nitrogens with one attached hydrogen (secondary N) is 1. The zero-order valence-corrected chi connectivity index (χ0v) is 13.1. The molecule has 1 aliphatic carbocycles. The molecule has 0 bridgehead atoms. The first-order valence-electron chi connectivity index (χ1n) is 7.02. The maximum atomic E-state index is 5.34. The highest BCUT2D eigenvalue weighted by atomic mass is 32.2. The summed E-state index contributed by atoms with van der Waals surface area (Å²) >= 11 is 3.98. The summed E-state index contributed by atoms with van der Waals surface area (Å²) < 4.78 is 5.34. The highest BCUT2D eigenvalue weighted by Gasteiger charge is 2.29. The number of rotatable bonds is 5. The summed E-state index contributed by atoms with van der Waals surface area (Å²) in [7, 11) is 0. The summed E-state index contributed by atoms with van der Waals surface area (Å²) in [5.41, 5.74) is 0. The molecule has 3 rings (SSSR count). The minimum absolute atomic E-state index is 0.386. The van der Waals surface area contributed by atoms with Crippen LogP contribution >= 0.6 is 23.5 Å². The zero-order valence-electron chi connectivity index (χ0n) is 11.5. The fraction of sp³-hybridized carbons (Fsp3) is 0.846. The van der Waals surface area contributed by atoms with Crippen molar-refractivity contribution in [1.82, 2.24) is 15.5 Å². The largest absolute Gasteiger partial charge is 0.338 e. The summed E-state index contributed by atoms with van der Waals surface area (Å²) in [4.78, 5) is 4.54. The maximum Gasteiger partial charge on any atom is 0.240 e. The molecule has 0 radical (unpaired) electrons. The molecule has 1 saturated carbocycles. The Morgan fingerprint density at radius 2 is 2.16 bits per heavy atom.